The van der Waals surface area contributed by atoms with Gasteiger partial charge in [0, 0.05) is 20.3 Å². The number of nitrogens with zero attached hydrogens (tertiary/aromatic N) is 1. The monoisotopic (exact) mass is 350 g/mol. The molecule has 0 aromatic rings. The maximum absolute atomic E-state index is 11.4. The molecule has 4 nitrogen and oxygen atoms in total. The van der Waals surface area contributed by atoms with E-state index in [1.165, 1.54) is 44.9 Å². The Bertz CT molecular complexity index is 433. The van der Waals surface area contributed by atoms with Crippen LogP contribution in [0.5, 0.6) is 0 Å². The van der Waals surface area contributed by atoms with E-state index >= 15 is 0 Å². The molecule has 1 aliphatic heterocycles. The third-order valence-electron chi connectivity index (χ3n) is 5.40. The van der Waals surface area contributed by atoms with Gasteiger partial charge in [-0.1, -0.05) is 44.8 Å². The number of hydrogen-bond donors (Lipinski definition) is 2. The molecule has 0 aromatic carbocycles. The smallest absolute Gasteiger partial charge is 0.221 e. The number of allylic oxidation sites excluding steroid dienone is 2. The second kappa shape index (κ2) is 12.1. The van der Waals surface area contributed by atoms with Crippen molar-refractivity contribution in [3.8, 4) is 0 Å². The molecule has 4 heteroatoms. The zero-order valence-electron chi connectivity index (χ0n) is 16.9. The quantitative estimate of drug-likeness (QED) is 0.285. The predicted octanol–water partition coefficient (Wildman–Crippen LogP) is 4.79. The van der Waals surface area contributed by atoms with Crippen molar-refractivity contribution in [3.05, 3.63) is 24.6 Å². The average Bonchev–Trinajstić information content (AvgIpc) is 3.00. The molecule has 2 N–H and O–H groups in total. The van der Waals surface area contributed by atoms with Crippen molar-refractivity contribution < 1.29 is 9.28 Å². The zero-order valence-corrected chi connectivity index (χ0v) is 16.9. The van der Waals surface area contributed by atoms with Crippen LogP contribution in [0.3, 0.4) is 0 Å². The van der Waals surface area contributed by atoms with E-state index in [0.29, 0.717) is 6.17 Å². The largest absolute Gasteiger partial charge is 0.338 e. The molecular formula is C21H40N3O+. The van der Waals surface area contributed by atoms with Crippen molar-refractivity contribution >= 4 is 5.91 Å². The zero-order chi connectivity index (χ0) is 18.5. The molecular weight excluding hydrogens is 310 g/mol. The van der Waals surface area contributed by atoms with Gasteiger partial charge in [-0.25, -0.2) is 0 Å². The van der Waals surface area contributed by atoms with Gasteiger partial charge in [0.15, 0.2) is 12.3 Å². The molecule has 0 bridgehead atoms. The van der Waals surface area contributed by atoms with Gasteiger partial charge in [0.2, 0.25) is 5.91 Å². The summed E-state index contributed by atoms with van der Waals surface area (Å²) in [6, 6.07) is 0. The molecule has 0 radical (unpaired) electrons. The van der Waals surface area contributed by atoms with E-state index in [4.69, 9.17) is 0 Å². The molecule has 0 spiro atoms. The minimum atomic E-state index is 0.0475. The third kappa shape index (κ3) is 7.23. The molecule has 0 saturated heterocycles. The van der Waals surface area contributed by atoms with Gasteiger partial charge in [-0.15, -0.1) is 0 Å². The summed E-state index contributed by atoms with van der Waals surface area (Å²) in [6.07, 6.45) is 20.8. The fourth-order valence-corrected chi connectivity index (χ4v) is 3.86. The van der Waals surface area contributed by atoms with E-state index in [-0.39, 0.29) is 12.1 Å². The first-order valence-corrected chi connectivity index (χ1v) is 10.3. The van der Waals surface area contributed by atoms with Gasteiger partial charge in [-0.3, -0.25) is 9.28 Å². The Hall–Kier alpha value is -1.29. The second-order valence-corrected chi connectivity index (χ2v) is 7.26. The number of quaternary nitrogens is 1. The molecule has 0 aliphatic carbocycles. The van der Waals surface area contributed by atoms with Crippen LogP contribution in [0.2, 0.25) is 0 Å². The summed E-state index contributed by atoms with van der Waals surface area (Å²) in [5.41, 5.74) is 0. The molecule has 144 valence electrons. The third-order valence-corrected chi connectivity index (χ3v) is 5.40. The van der Waals surface area contributed by atoms with Gasteiger partial charge in [0.1, 0.15) is 6.20 Å². The van der Waals surface area contributed by atoms with Gasteiger partial charge >= 0.3 is 0 Å². The Morgan fingerprint density at radius 3 is 2.48 bits per heavy atom. The number of unbranched alkanes of at least 4 members (excludes halogenated alkanes) is 6. The molecule has 0 fully saturated rings. The van der Waals surface area contributed by atoms with Gasteiger partial charge in [0.25, 0.3) is 0 Å². The van der Waals surface area contributed by atoms with E-state index in [1.807, 2.05) is 0 Å². The van der Waals surface area contributed by atoms with Crippen molar-refractivity contribution in [2.24, 2.45) is 0 Å². The normalized spacial score (nSPS) is 23.8. The number of nitrogens with one attached hydrogen (secondary N) is 2. The van der Waals surface area contributed by atoms with Crippen LogP contribution in [0.4, 0.5) is 0 Å². The van der Waals surface area contributed by atoms with Crippen molar-refractivity contribution in [2.75, 3.05) is 6.54 Å². The maximum atomic E-state index is 11.4. The Morgan fingerprint density at radius 1 is 1.16 bits per heavy atom. The Labute approximate surface area is 155 Å². The molecule has 1 amide bonds. The molecule has 1 aliphatic rings. The van der Waals surface area contributed by atoms with E-state index in [9.17, 15) is 4.79 Å². The summed E-state index contributed by atoms with van der Waals surface area (Å²) >= 11 is 0. The molecule has 0 aromatic heterocycles. The first-order chi connectivity index (χ1) is 12.1. The molecule has 1 heterocycles. The standard InChI is InChI=1S/C21H39N3O/c1-5-7-8-9-10-11-12-13-14-15-16-21-22-17-18-24(21,6-2)19(3)23-20(4)25/h7-8,17-19,21-22H,5-6,9-16H2,1-4H3/p+1/b8-7+. The molecule has 25 heavy (non-hydrogen) atoms. The molecule has 3 unspecified atom stereocenters. The number of carbonyl (C=O) groups is 1. The molecule has 3 atom stereocenters. The lowest BCUT2D eigenvalue weighted by Crippen LogP contribution is -2.62. The van der Waals surface area contributed by atoms with Crippen LogP contribution in [0.1, 0.15) is 85.5 Å². The summed E-state index contributed by atoms with van der Waals surface area (Å²) in [4.78, 5) is 11.4. The van der Waals surface area contributed by atoms with Crippen molar-refractivity contribution in [2.45, 2.75) is 97.8 Å². The van der Waals surface area contributed by atoms with Gasteiger partial charge < -0.3 is 10.6 Å². The highest BCUT2D eigenvalue weighted by Crippen LogP contribution is 2.26. The lowest BCUT2D eigenvalue weighted by atomic mass is 10.1. The average molecular weight is 351 g/mol. The van der Waals surface area contributed by atoms with Crippen molar-refractivity contribution in [1.29, 1.82) is 0 Å². The SMILES string of the molecule is CC/C=C/CCCCCCCCC1NC=C[N+]1(CC)C(C)NC(C)=O. The van der Waals surface area contributed by atoms with Crippen molar-refractivity contribution in [3.63, 3.8) is 0 Å². The number of carbonyl (C=O) groups excluding carboxylic acids is 1. The van der Waals surface area contributed by atoms with E-state index in [2.05, 4.69) is 56.0 Å². The van der Waals surface area contributed by atoms with Gasteiger partial charge in [-0.05, 0) is 32.6 Å². The van der Waals surface area contributed by atoms with Crippen LogP contribution in [0, 0.1) is 0 Å². The molecule has 0 saturated carbocycles. The lowest BCUT2D eigenvalue weighted by molar-refractivity contribution is -0.923. The highest BCUT2D eigenvalue weighted by molar-refractivity contribution is 5.72. The summed E-state index contributed by atoms with van der Waals surface area (Å²) in [6.45, 7) is 9.09. The fourth-order valence-electron chi connectivity index (χ4n) is 3.86. The van der Waals surface area contributed by atoms with Crippen LogP contribution < -0.4 is 10.6 Å². The Kier molecular flexibility index (Phi) is 10.6. The number of hydrogen-bond acceptors (Lipinski definition) is 2. The maximum Gasteiger partial charge on any atom is 0.221 e. The van der Waals surface area contributed by atoms with E-state index in [1.54, 1.807) is 6.92 Å². The predicted molar refractivity (Wildman–Crippen MR) is 107 cm³/mol. The highest BCUT2D eigenvalue weighted by Gasteiger charge is 2.41. The molecule has 1 rings (SSSR count). The summed E-state index contributed by atoms with van der Waals surface area (Å²) in [5, 5.41) is 6.60. The number of amides is 1. The van der Waals surface area contributed by atoms with E-state index < -0.39 is 0 Å². The Balaban J connectivity index is 2.25. The van der Waals surface area contributed by atoms with Crippen LogP contribution in [-0.4, -0.2) is 29.3 Å². The summed E-state index contributed by atoms with van der Waals surface area (Å²) < 4.78 is 0.809. The minimum Gasteiger partial charge on any atom is -0.338 e. The topological polar surface area (TPSA) is 41.1 Å². The van der Waals surface area contributed by atoms with Gasteiger partial charge in [-0.2, -0.15) is 0 Å². The Morgan fingerprint density at radius 2 is 1.84 bits per heavy atom. The first-order valence-electron chi connectivity index (χ1n) is 10.3. The van der Waals surface area contributed by atoms with Crippen molar-refractivity contribution in [1.82, 2.24) is 10.6 Å². The first kappa shape index (κ1) is 21.8. The van der Waals surface area contributed by atoms with Crippen LogP contribution in [-0.2, 0) is 4.79 Å². The van der Waals surface area contributed by atoms with Crippen LogP contribution in [0.25, 0.3) is 0 Å². The summed E-state index contributed by atoms with van der Waals surface area (Å²) in [7, 11) is 0. The lowest BCUT2D eigenvalue weighted by Gasteiger charge is -2.41. The van der Waals surface area contributed by atoms with E-state index in [0.717, 1.165) is 23.9 Å². The van der Waals surface area contributed by atoms with Crippen LogP contribution >= 0.6 is 0 Å². The minimum absolute atomic E-state index is 0.0475. The highest BCUT2D eigenvalue weighted by atomic mass is 16.1. The van der Waals surface area contributed by atoms with Gasteiger partial charge in [0.05, 0.1) is 12.7 Å². The fraction of sp³-hybridized carbons (Fsp3) is 0.762. The summed E-state index contributed by atoms with van der Waals surface area (Å²) in [5.74, 6) is 0.0475. The second-order valence-electron chi connectivity index (χ2n) is 7.26. The number of rotatable bonds is 13. The van der Waals surface area contributed by atoms with Crippen LogP contribution in [0.15, 0.2) is 24.6 Å².